The Bertz CT molecular complexity index is 302. The van der Waals surface area contributed by atoms with Crippen LogP contribution in [-0.4, -0.2) is 18.2 Å². The van der Waals surface area contributed by atoms with Crippen LogP contribution in [0.4, 0.5) is 0 Å². The van der Waals surface area contributed by atoms with Crippen LogP contribution >= 0.6 is 0 Å². The second-order valence-electron chi connectivity index (χ2n) is 4.00. The molecule has 16 heavy (non-hydrogen) atoms. The number of aromatic nitrogens is 1. The maximum Gasteiger partial charge on any atom is 0.0600 e. The predicted molar refractivity (Wildman–Crippen MR) is 66.2 cm³/mol. The molecule has 0 saturated carbocycles. The van der Waals surface area contributed by atoms with Gasteiger partial charge in [-0.3, -0.25) is 4.98 Å². The van der Waals surface area contributed by atoms with E-state index in [1.165, 1.54) is 5.56 Å². The van der Waals surface area contributed by atoms with E-state index in [9.17, 15) is 0 Å². The quantitative estimate of drug-likeness (QED) is 0.721. The highest BCUT2D eigenvalue weighted by molar-refractivity contribution is 5.20. The van der Waals surface area contributed by atoms with Crippen molar-refractivity contribution < 1.29 is 4.74 Å². The molecule has 0 aromatic carbocycles. The van der Waals surface area contributed by atoms with E-state index >= 15 is 0 Å². The van der Waals surface area contributed by atoms with Crippen LogP contribution in [0.15, 0.2) is 18.3 Å². The van der Waals surface area contributed by atoms with Crippen LogP contribution in [0, 0.1) is 6.92 Å². The Hall–Kier alpha value is -0.930. The van der Waals surface area contributed by atoms with Crippen molar-refractivity contribution in [2.45, 2.75) is 39.2 Å². The van der Waals surface area contributed by atoms with Gasteiger partial charge < -0.3 is 10.5 Å². The number of nitrogens with zero attached hydrogens (tertiary/aromatic N) is 1. The second kappa shape index (κ2) is 7.36. The molecule has 1 aromatic rings. The summed E-state index contributed by atoms with van der Waals surface area (Å²) in [5, 5.41) is 0. The fourth-order valence-electron chi connectivity index (χ4n) is 1.74. The molecule has 0 fully saturated rings. The van der Waals surface area contributed by atoms with E-state index in [1.807, 2.05) is 19.2 Å². The highest BCUT2D eigenvalue weighted by atomic mass is 16.5. The summed E-state index contributed by atoms with van der Waals surface area (Å²) in [6.07, 6.45) is 4.96. The van der Waals surface area contributed by atoms with Gasteiger partial charge in [-0.2, -0.15) is 0 Å². The van der Waals surface area contributed by atoms with Crippen molar-refractivity contribution in [3.05, 3.63) is 29.6 Å². The Kier molecular flexibility index (Phi) is 6.04. The van der Waals surface area contributed by atoms with Gasteiger partial charge in [-0.25, -0.2) is 0 Å². The first-order chi connectivity index (χ1) is 7.75. The summed E-state index contributed by atoms with van der Waals surface area (Å²) in [5.41, 5.74) is 8.31. The summed E-state index contributed by atoms with van der Waals surface area (Å²) in [5.74, 6) is 0. The highest BCUT2D eigenvalue weighted by Crippen LogP contribution is 2.17. The summed E-state index contributed by atoms with van der Waals surface area (Å²) in [6, 6.07) is 4.06. The predicted octanol–water partition coefficient (Wildman–Crippen LogP) is 2.60. The standard InChI is InChI=1S/C13H22N2O/c1-3-16-10-5-4-8-12(14)13-11(2)7-6-9-15-13/h6-7,9,12H,3-5,8,10,14H2,1-2H3. The van der Waals surface area contributed by atoms with Crippen LogP contribution in [-0.2, 0) is 4.74 Å². The topological polar surface area (TPSA) is 48.1 Å². The van der Waals surface area contributed by atoms with Crippen molar-refractivity contribution in [3.8, 4) is 0 Å². The van der Waals surface area contributed by atoms with Gasteiger partial charge in [0.1, 0.15) is 0 Å². The largest absolute Gasteiger partial charge is 0.382 e. The summed E-state index contributed by atoms with van der Waals surface area (Å²) in [7, 11) is 0. The summed E-state index contributed by atoms with van der Waals surface area (Å²) in [4.78, 5) is 4.34. The molecule has 1 rings (SSSR count). The first kappa shape index (κ1) is 13.1. The molecule has 1 unspecified atom stereocenters. The Balaban J connectivity index is 2.30. The Labute approximate surface area is 98.0 Å². The van der Waals surface area contributed by atoms with E-state index in [-0.39, 0.29) is 6.04 Å². The van der Waals surface area contributed by atoms with Crippen LogP contribution in [0.3, 0.4) is 0 Å². The number of pyridine rings is 1. The SMILES string of the molecule is CCOCCCCC(N)c1ncccc1C. The molecule has 0 bridgehead atoms. The first-order valence-electron chi connectivity index (χ1n) is 6.00. The molecule has 0 saturated heterocycles. The van der Waals surface area contributed by atoms with Crippen LogP contribution < -0.4 is 5.73 Å². The minimum absolute atomic E-state index is 0.0582. The first-order valence-corrected chi connectivity index (χ1v) is 6.00. The molecule has 0 radical (unpaired) electrons. The monoisotopic (exact) mass is 222 g/mol. The minimum atomic E-state index is 0.0582. The molecule has 90 valence electrons. The minimum Gasteiger partial charge on any atom is -0.382 e. The van der Waals surface area contributed by atoms with E-state index in [2.05, 4.69) is 18.0 Å². The summed E-state index contributed by atoms with van der Waals surface area (Å²) < 4.78 is 5.29. The fraction of sp³-hybridized carbons (Fsp3) is 0.615. The summed E-state index contributed by atoms with van der Waals surface area (Å²) >= 11 is 0. The molecular weight excluding hydrogens is 200 g/mol. The van der Waals surface area contributed by atoms with E-state index in [4.69, 9.17) is 10.5 Å². The van der Waals surface area contributed by atoms with Crippen LogP contribution in [0.2, 0.25) is 0 Å². The summed E-state index contributed by atoms with van der Waals surface area (Å²) in [6.45, 7) is 5.71. The zero-order valence-electron chi connectivity index (χ0n) is 10.3. The third-order valence-electron chi connectivity index (χ3n) is 2.66. The third-order valence-corrected chi connectivity index (χ3v) is 2.66. The number of nitrogens with two attached hydrogens (primary N) is 1. The van der Waals surface area contributed by atoms with E-state index in [0.717, 1.165) is 38.2 Å². The Morgan fingerprint density at radius 2 is 2.25 bits per heavy atom. The number of rotatable bonds is 7. The molecule has 0 aliphatic rings. The van der Waals surface area contributed by atoms with E-state index in [1.54, 1.807) is 0 Å². The lowest BCUT2D eigenvalue weighted by atomic mass is 10.0. The maximum atomic E-state index is 6.11. The smallest absolute Gasteiger partial charge is 0.0600 e. The van der Waals surface area contributed by atoms with Gasteiger partial charge in [0.15, 0.2) is 0 Å². The molecule has 0 spiro atoms. The molecule has 0 aliphatic carbocycles. The lowest BCUT2D eigenvalue weighted by molar-refractivity contribution is 0.142. The van der Waals surface area contributed by atoms with Crippen LogP contribution in [0.25, 0.3) is 0 Å². The number of unbranched alkanes of at least 4 members (excludes halogenated alkanes) is 1. The zero-order valence-corrected chi connectivity index (χ0v) is 10.3. The van der Waals surface area contributed by atoms with Gasteiger partial charge in [-0.05, 0) is 44.7 Å². The number of aryl methyl sites for hydroxylation is 1. The third kappa shape index (κ3) is 4.29. The van der Waals surface area contributed by atoms with Gasteiger partial charge in [-0.1, -0.05) is 6.07 Å². The molecular formula is C13H22N2O. The lowest BCUT2D eigenvalue weighted by Crippen LogP contribution is -2.13. The average Bonchev–Trinajstić information content (AvgIpc) is 2.29. The molecule has 3 heteroatoms. The molecule has 0 aliphatic heterocycles. The molecule has 3 nitrogen and oxygen atoms in total. The van der Waals surface area contributed by atoms with Crippen molar-refractivity contribution in [2.75, 3.05) is 13.2 Å². The highest BCUT2D eigenvalue weighted by Gasteiger charge is 2.09. The maximum absolute atomic E-state index is 6.11. The van der Waals surface area contributed by atoms with Crippen molar-refractivity contribution in [2.24, 2.45) is 5.73 Å². The molecule has 0 amide bonds. The van der Waals surface area contributed by atoms with Gasteiger partial charge in [0, 0.05) is 25.5 Å². The number of ether oxygens (including phenoxy) is 1. The Morgan fingerprint density at radius 3 is 2.94 bits per heavy atom. The van der Waals surface area contributed by atoms with E-state index in [0.29, 0.717) is 0 Å². The lowest BCUT2D eigenvalue weighted by Gasteiger charge is -2.13. The molecule has 1 aromatic heterocycles. The normalized spacial score (nSPS) is 12.7. The van der Waals surface area contributed by atoms with Crippen molar-refractivity contribution in [1.82, 2.24) is 4.98 Å². The second-order valence-corrected chi connectivity index (χ2v) is 4.00. The van der Waals surface area contributed by atoms with Gasteiger partial charge in [0.25, 0.3) is 0 Å². The molecule has 1 atom stereocenters. The van der Waals surface area contributed by atoms with Crippen molar-refractivity contribution in [3.63, 3.8) is 0 Å². The average molecular weight is 222 g/mol. The zero-order chi connectivity index (χ0) is 11.8. The fourth-order valence-corrected chi connectivity index (χ4v) is 1.74. The molecule has 2 N–H and O–H groups in total. The van der Waals surface area contributed by atoms with Gasteiger partial charge in [0.2, 0.25) is 0 Å². The number of hydrogen-bond acceptors (Lipinski definition) is 3. The van der Waals surface area contributed by atoms with Crippen molar-refractivity contribution >= 4 is 0 Å². The van der Waals surface area contributed by atoms with Crippen LogP contribution in [0.1, 0.15) is 43.5 Å². The molecule has 1 heterocycles. The van der Waals surface area contributed by atoms with Gasteiger partial charge >= 0.3 is 0 Å². The number of hydrogen-bond donors (Lipinski definition) is 1. The van der Waals surface area contributed by atoms with Gasteiger partial charge in [-0.15, -0.1) is 0 Å². The van der Waals surface area contributed by atoms with Crippen LogP contribution in [0.5, 0.6) is 0 Å². The van der Waals surface area contributed by atoms with E-state index < -0.39 is 0 Å². The Morgan fingerprint density at radius 1 is 1.44 bits per heavy atom. The van der Waals surface area contributed by atoms with Gasteiger partial charge in [0.05, 0.1) is 5.69 Å². The van der Waals surface area contributed by atoms with Crippen molar-refractivity contribution in [1.29, 1.82) is 0 Å².